The highest BCUT2D eigenvalue weighted by Gasteiger charge is 2.32. The first-order valence-corrected chi connectivity index (χ1v) is 8.22. The Bertz CT molecular complexity index is 458. The van der Waals surface area contributed by atoms with E-state index < -0.39 is 0 Å². The molecule has 2 N–H and O–H groups in total. The van der Waals surface area contributed by atoms with Crippen LogP contribution in [0.15, 0.2) is 22.7 Å². The molecule has 0 amide bonds. The number of rotatable bonds is 2. The van der Waals surface area contributed by atoms with E-state index in [-0.39, 0.29) is 0 Å². The molecule has 3 heteroatoms. The summed E-state index contributed by atoms with van der Waals surface area (Å²) in [4.78, 5) is 2.68. The van der Waals surface area contributed by atoms with Crippen molar-refractivity contribution in [3.05, 3.63) is 33.8 Å². The topological polar surface area (TPSA) is 29.3 Å². The number of halogens is 1. The van der Waals surface area contributed by atoms with Gasteiger partial charge in [0.1, 0.15) is 0 Å². The third kappa shape index (κ3) is 2.74. The molecule has 2 nitrogen and oxygen atoms in total. The average Bonchev–Trinajstić information content (AvgIpc) is 2.81. The van der Waals surface area contributed by atoms with E-state index in [4.69, 9.17) is 5.73 Å². The predicted octanol–water partition coefficient (Wildman–Crippen LogP) is 3.50. The largest absolute Gasteiger partial charge is 0.328 e. The van der Waals surface area contributed by atoms with Crippen LogP contribution in [0.25, 0.3) is 0 Å². The standard InChI is InChI=1S/C16H23BrN2/c1-11(18)13-3-2-8-19(10-13)16-7-4-12-9-14(17)5-6-15(12)16/h5-6,9,11,13,16H,2-4,7-8,10,18H2,1H3. The Labute approximate surface area is 124 Å². The summed E-state index contributed by atoms with van der Waals surface area (Å²) in [5.74, 6) is 0.674. The molecule has 3 rings (SSSR count). The highest BCUT2D eigenvalue weighted by Crippen LogP contribution is 2.39. The van der Waals surface area contributed by atoms with Crippen LogP contribution < -0.4 is 5.73 Å². The van der Waals surface area contributed by atoms with Gasteiger partial charge in [-0.25, -0.2) is 0 Å². The first-order valence-electron chi connectivity index (χ1n) is 7.43. The summed E-state index contributed by atoms with van der Waals surface area (Å²) in [5.41, 5.74) is 9.19. The average molecular weight is 323 g/mol. The van der Waals surface area contributed by atoms with Crippen LogP contribution >= 0.6 is 15.9 Å². The number of piperidine rings is 1. The predicted molar refractivity (Wildman–Crippen MR) is 83.2 cm³/mol. The maximum atomic E-state index is 6.11. The number of aryl methyl sites for hydroxylation is 1. The highest BCUT2D eigenvalue weighted by atomic mass is 79.9. The molecule has 1 aromatic carbocycles. The summed E-state index contributed by atoms with van der Waals surface area (Å²) in [6, 6.07) is 7.75. The van der Waals surface area contributed by atoms with Crippen LogP contribution in [0.5, 0.6) is 0 Å². The second-order valence-electron chi connectivity index (χ2n) is 6.15. The minimum atomic E-state index is 0.327. The van der Waals surface area contributed by atoms with E-state index in [1.807, 2.05) is 0 Å². The van der Waals surface area contributed by atoms with E-state index >= 15 is 0 Å². The second kappa shape index (κ2) is 5.55. The normalized spacial score (nSPS) is 29.2. The maximum absolute atomic E-state index is 6.11. The van der Waals surface area contributed by atoms with Gasteiger partial charge in [0.2, 0.25) is 0 Å². The molecule has 0 bridgehead atoms. The van der Waals surface area contributed by atoms with E-state index in [0.717, 1.165) is 0 Å². The van der Waals surface area contributed by atoms with Gasteiger partial charge in [0, 0.05) is 23.1 Å². The fourth-order valence-electron chi connectivity index (χ4n) is 3.70. The molecule has 19 heavy (non-hydrogen) atoms. The van der Waals surface area contributed by atoms with Crippen LogP contribution in [0.3, 0.4) is 0 Å². The summed E-state index contributed by atoms with van der Waals surface area (Å²) in [6.45, 7) is 4.58. The van der Waals surface area contributed by atoms with Crippen LogP contribution in [0.4, 0.5) is 0 Å². The third-order valence-corrected chi connectivity index (χ3v) is 5.32. The maximum Gasteiger partial charge on any atom is 0.0354 e. The second-order valence-corrected chi connectivity index (χ2v) is 7.07. The van der Waals surface area contributed by atoms with E-state index in [9.17, 15) is 0 Å². The molecule has 0 aromatic heterocycles. The monoisotopic (exact) mass is 322 g/mol. The summed E-state index contributed by atoms with van der Waals surface area (Å²) in [6.07, 6.45) is 5.10. The quantitative estimate of drug-likeness (QED) is 0.903. The summed E-state index contributed by atoms with van der Waals surface area (Å²) in [5, 5.41) is 0. The van der Waals surface area contributed by atoms with Crippen molar-refractivity contribution in [3.63, 3.8) is 0 Å². The van der Waals surface area contributed by atoms with Crippen LogP contribution in [0.2, 0.25) is 0 Å². The lowest BCUT2D eigenvalue weighted by Crippen LogP contribution is -2.43. The van der Waals surface area contributed by atoms with Gasteiger partial charge >= 0.3 is 0 Å². The molecule has 2 aliphatic rings. The summed E-state index contributed by atoms with van der Waals surface area (Å²) >= 11 is 3.58. The first-order chi connectivity index (χ1) is 9.15. The Kier molecular flexibility index (Phi) is 3.97. The van der Waals surface area contributed by atoms with E-state index in [0.29, 0.717) is 18.0 Å². The van der Waals surface area contributed by atoms with Gasteiger partial charge in [-0.05, 0) is 68.3 Å². The molecular formula is C16H23BrN2. The first kappa shape index (κ1) is 13.6. The van der Waals surface area contributed by atoms with Crippen molar-refractivity contribution in [3.8, 4) is 0 Å². The smallest absolute Gasteiger partial charge is 0.0354 e. The lowest BCUT2D eigenvalue weighted by molar-refractivity contribution is 0.113. The molecule has 3 atom stereocenters. The Balaban J connectivity index is 1.78. The van der Waals surface area contributed by atoms with Crippen molar-refractivity contribution in [2.24, 2.45) is 11.7 Å². The highest BCUT2D eigenvalue weighted by molar-refractivity contribution is 9.10. The molecule has 0 radical (unpaired) electrons. The van der Waals surface area contributed by atoms with Crippen LogP contribution in [-0.4, -0.2) is 24.0 Å². The SMILES string of the molecule is CC(N)C1CCCN(C2CCc3cc(Br)ccc32)C1. The number of fused-ring (bicyclic) bond motifs is 1. The Hall–Kier alpha value is -0.380. The molecule has 3 unspecified atom stereocenters. The van der Waals surface area contributed by atoms with Crippen LogP contribution in [0.1, 0.15) is 43.4 Å². The molecule has 0 spiro atoms. The minimum Gasteiger partial charge on any atom is -0.328 e. The van der Waals surface area contributed by atoms with Gasteiger partial charge in [-0.2, -0.15) is 0 Å². The van der Waals surface area contributed by atoms with Crippen molar-refractivity contribution in [1.82, 2.24) is 4.90 Å². The van der Waals surface area contributed by atoms with Crippen LogP contribution in [-0.2, 0) is 6.42 Å². The number of hydrogen-bond donors (Lipinski definition) is 1. The number of nitrogens with zero attached hydrogens (tertiary/aromatic N) is 1. The van der Waals surface area contributed by atoms with Crippen molar-refractivity contribution >= 4 is 15.9 Å². The molecule has 1 aromatic rings. The summed E-state index contributed by atoms with van der Waals surface area (Å²) < 4.78 is 1.21. The Morgan fingerprint density at radius 2 is 2.21 bits per heavy atom. The molecule has 1 aliphatic carbocycles. The van der Waals surface area contributed by atoms with Gasteiger partial charge in [-0.15, -0.1) is 0 Å². The summed E-state index contributed by atoms with van der Waals surface area (Å²) in [7, 11) is 0. The zero-order valence-corrected chi connectivity index (χ0v) is 13.2. The molecule has 104 valence electrons. The molecule has 1 saturated heterocycles. The van der Waals surface area contributed by atoms with Crippen molar-refractivity contribution in [2.75, 3.05) is 13.1 Å². The zero-order chi connectivity index (χ0) is 13.4. The molecule has 1 heterocycles. The number of benzene rings is 1. The molecule has 1 fully saturated rings. The number of likely N-dealkylation sites (tertiary alicyclic amines) is 1. The van der Waals surface area contributed by atoms with Crippen LogP contribution in [0, 0.1) is 5.92 Å². The number of nitrogens with two attached hydrogens (primary N) is 1. The molecule has 1 aliphatic heterocycles. The third-order valence-electron chi connectivity index (χ3n) is 4.82. The van der Waals surface area contributed by atoms with Gasteiger partial charge < -0.3 is 5.73 Å². The van der Waals surface area contributed by atoms with Gasteiger partial charge in [-0.3, -0.25) is 4.90 Å². The van der Waals surface area contributed by atoms with Crippen molar-refractivity contribution in [1.29, 1.82) is 0 Å². The lowest BCUT2D eigenvalue weighted by Gasteiger charge is -2.38. The van der Waals surface area contributed by atoms with Crippen molar-refractivity contribution < 1.29 is 0 Å². The lowest BCUT2D eigenvalue weighted by atomic mass is 9.90. The molecule has 0 saturated carbocycles. The van der Waals surface area contributed by atoms with Gasteiger partial charge in [-0.1, -0.05) is 22.0 Å². The number of hydrogen-bond acceptors (Lipinski definition) is 2. The van der Waals surface area contributed by atoms with Gasteiger partial charge in [0.05, 0.1) is 0 Å². The Morgan fingerprint density at radius 3 is 3.00 bits per heavy atom. The zero-order valence-electron chi connectivity index (χ0n) is 11.6. The fraction of sp³-hybridized carbons (Fsp3) is 0.625. The molecular weight excluding hydrogens is 300 g/mol. The van der Waals surface area contributed by atoms with E-state index in [2.05, 4.69) is 46.0 Å². The van der Waals surface area contributed by atoms with E-state index in [1.165, 1.54) is 48.8 Å². The minimum absolute atomic E-state index is 0.327. The fourth-order valence-corrected chi connectivity index (χ4v) is 4.10. The van der Waals surface area contributed by atoms with Crippen molar-refractivity contribution in [2.45, 2.75) is 44.7 Å². The van der Waals surface area contributed by atoms with Gasteiger partial charge in [0.25, 0.3) is 0 Å². The van der Waals surface area contributed by atoms with Gasteiger partial charge in [0.15, 0.2) is 0 Å². The van der Waals surface area contributed by atoms with E-state index in [1.54, 1.807) is 5.56 Å². The Morgan fingerprint density at radius 1 is 1.37 bits per heavy atom.